The molecule has 0 saturated carbocycles. The topological polar surface area (TPSA) is 133 Å². The highest BCUT2D eigenvalue weighted by Gasteiger charge is 2.17. The predicted molar refractivity (Wildman–Crippen MR) is 86.6 cm³/mol. The Kier molecular flexibility index (Phi) is 4.74. The SMILES string of the molecule is CC(=O)Nc1ccc(S(=O)(=O)Nc2cc(C(=O)O)ccc2O)cc1. The molecule has 2 aromatic carbocycles. The van der Waals surface area contributed by atoms with Gasteiger partial charge in [-0.15, -0.1) is 0 Å². The van der Waals surface area contributed by atoms with Crippen molar-refractivity contribution in [2.24, 2.45) is 0 Å². The maximum absolute atomic E-state index is 12.3. The Bertz CT molecular complexity index is 891. The Morgan fingerprint density at radius 1 is 1.04 bits per heavy atom. The molecule has 0 fully saturated rings. The summed E-state index contributed by atoms with van der Waals surface area (Å²) in [6.07, 6.45) is 0. The van der Waals surface area contributed by atoms with Crippen LogP contribution in [0.3, 0.4) is 0 Å². The first kappa shape index (κ1) is 17.3. The summed E-state index contributed by atoms with van der Waals surface area (Å²) in [7, 11) is -4.04. The minimum absolute atomic E-state index is 0.114. The van der Waals surface area contributed by atoms with Crippen LogP contribution in [0.25, 0.3) is 0 Å². The number of sulfonamides is 1. The first-order valence-electron chi connectivity index (χ1n) is 6.66. The average Bonchev–Trinajstić information content (AvgIpc) is 2.49. The van der Waals surface area contributed by atoms with Gasteiger partial charge >= 0.3 is 5.97 Å². The van der Waals surface area contributed by atoms with E-state index in [1.54, 1.807) is 0 Å². The lowest BCUT2D eigenvalue weighted by molar-refractivity contribution is -0.114. The van der Waals surface area contributed by atoms with E-state index in [4.69, 9.17) is 5.11 Å². The van der Waals surface area contributed by atoms with E-state index < -0.39 is 21.7 Å². The molecule has 0 aliphatic rings. The summed E-state index contributed by atoms with van der Waals surface area (Å²) in [4.78, 5) is 21.8. The number of anilines is 2. The highest BCUT2D eigenvalue weighted by Crippen LogP contribution is 2.27. The number of hydrogen-bond acceptors (Lipinski definition) is 5. The average molecular weight is 350 g/mol. The molecule has 126 valence electrons. The van der Waals surface area contributed by atoms with Crippen LogP contribution >= 0.6 is 0 Å². The Balaban J connectivity index is 2.30. The van der Waals surface area contributed by atoms with Crippen LogP contribution in [0.1, 0.15) is 17.3 Å². The van der Waals surface area contributed by atoms with Crippen LogP contribution in [0.4, 0.5) is 11.4 Å². The second-order valence-electron chi connectivity index (χ2n) is 4.85. The van der Waals surface area contributed by atoms with Gasteiger partial charge in [-0.2, -0.15) is 0 Å². The van der Waals surface area contributed by atoms with E-state index in [-0.39, 0.29) is 22.1 Å². The highest BCUT2D eigenvalue weighted by atomic mass is 32.2. The van der Waals surface area contributed by atoms with Crippen LogP contribution in [0.15, 0.2) is 47.4 Å². The number of carboxylic acid groups (broad SMARTS) is 1. The molecule has 24 heavy (non-hydrogen) atoms. The van der Waals surface area contributed by atoms with Crippen LogP contribution in [-0.4, -0.2) is 30.5 Å². The standard InChI is InChI=1S/C15H14N2O6S/c1-9(18)16-11-3-5-12(6-4-11)24(22,23)17-13-8-10(15(20)21)2-7-14(13)19/h2-8,17,19H,1H3,(H,16,18)(H,20,21). The number of amides is 1. The van der Waals surface area contributed by atoms with E-state index in [2.05, 4.69) is 10.0 Å². The number of carbonyl (C=O) groups is 2. The van der Waals surface area contributed by atoms with Gasteiger partial charge in [0.05, 0.1) is 16.1 Å². The van der Waals surface area contributed by atoms with Crippen molar-refractivity contribution in [3.05, 3.63) is 48.0 Å². The van der Waals surface area contributed by atoms with Gasteiger partial charge in [0.15, 0.2) is 0 Å². The van der Waals surface area contributed by atoms with Crippen molar-refractivity contribution in [1.82, 2.24) is 0 Å². The fourth-order valence-electron chi connectivity index (χ4n) is 1.88. The molecule has 0 radical (unpaired) electrons. The smallest absolute Gasteiger partial charge is 0.335 e. The number of hydrogen-bond donors (Lipinski definition) is 4. The summed E-state index contributed by atoms with van der Waals surface area (Å²) in [5.74, 6) is -1.95. The second-order valence-corrected chi connectivity index (χ2v) is 6.53. The number of carbonyl (C=O) groups excluding carboxylic acids is 1. The maximum Gasteiger partial charge on any atom is 0.335 e. The quantitative estimate of drug-likeness (QED) is 0.608. The van der Waals surface area contributed by atoms with Crippen LogP contribution in [0.5, 0.6) is 5.75 Å². The molecule has 2 aromatic rings. The van der Waals surface area contributed by atoms with E-state index in [1.165, 1.54) is 31.2 Å². The largest absolute Gasteiger partial charge is 0.506 e. The summed E-state index contributed by atoms with van der Waals surface area (Å²) in [6.45, 7) is 1.32. The molecule has 4 N–H and O–H groups in total. The molecule has 0 heterocycles. The summed E-state index contributed by atoms with van der Waals surface area (Å²) in [5.41, 5.74) is 0.00418. The molecule has 1 amide bonds. The molecular formula is C15H14N2O6S. The third kappa shape index (κ3) is 4.02. The molecule has 0 bridgehead atoms. The molecule has 2 rings (SSSR count). The molecule has 0 aromatic heterocycles. The fraction of sp³-hybridized carbons (Fsp3) is 0.0667. The lowest BCUT2D eigenvalue weighted by Crippen LogP contribution is -2.14. The minimum atomic E-state index is -4.04. The lowest BCUT2D eigenvalue weighted by Gasteiger charge is -2.11. The molecule has 0 atom stereocenters. The van der Waals surface area contributed by atoms with Gasteiger partial charge in [0.25, 0.3) is 10.0 Å². The van der Waals surface area contributed by atoms with Gasteiger partial charge in [-0.25, -0.2) is 13.2 Å². The van der Waals surface area contributed by atoms with Gasteiger partial charge < -0.3 is 15.5 Å². The van der Waals surface area contributed by atoms with Gasteiger partial charge in [-0.3, -0.25) is 9.52 Å². The second kappa shape index (κ2) is 6.59. The molecule has 0 spiro atoms. The van der Waals surface area contributed by atoms with E-state index in [1.807, 2.05) is 0 Å². The summed E-state index contributed by atoms with van der Waals surface area (Å²) in [5, 5.41) is 21.1. The van der Waals surface area contributed by atoms with Crippen molar-refractivity contribution in [2.45, 2.75) is 11.8 Å². The van der Waals surface area contributed by atoms with Crippen molar-refractivity contribution >= 4 is 33.3 Å². The molecule has 0 aliphatic carbocycles. The minimum Gasteiger partial charge on any atom is -0.506 e. The number of aromatic carboxylic acids is 1. The number of nitrogens with one attached hydrogen (secondary N) is 2. The predicted octanol–water partition coefficient (Wildman–Crippen LogP) is 1.85. The zero-order valence-corrected chi connectivity index (χ0v) is 13.3. The summed E-state index contributed by atoms with van der Waals surface area (Å²) < 4.78 is 26.8. The molecular weight excluding hydrogens is 336 g/mol. The molecule has 0 unspecified atom stereocenters. The van der Waals surface area contributed by atoms with E-state index in [9.17, 15) is 23.1 Å². The van der Waals surface area contributed by atoms with Gasteiger partial charge in [0.2, 0.25) is 5.91 Å². The first-order valence-corrected chi connectivity index (χ1v) is 8.14. The lowest BCUT2D eigenvalue weighted by atomic mass is 10.2. The van der Waals surface area contributed by atoms with E-state index in [0.29, 0.717) is 5.69 Å². The first-order chi connectivity index (χ1) is 11.2. The Hall–Kier alpha value is -3.07. The molecule has 0 aliphatic heterocycles. The number of phenols is 1. The van der Waals surface area contributed by atoms with Gasteiger partial charge in [0, 0.05) is 12.6 Å². The number of carboxylic acids is 1. The van der Waals surface area contributed by atoms with Crippen LogP contribution in [-0.2, 0) is 14.8 Å². The zero-order valence-electron chi connectivity index (χ0n) is 12.5. The Morgan fingerprint density at radius 2 is 1.67 bits per heavy atom. The van der Waals surface area contributed by atoms with Crippen LogP contribution < -0.4 is 10.0 Å². The Labute approximate surface area is 137 Å². The zero-order chi connectivity index (χ0) is 17.9. The highest BCUT2D eigenvalue weighted by molar-refractivity contribution is 7.92. The summed E-state index contributed by atoms with van der Waals surface area (Å²) >= 11 is 0. The van der Waals surface area contributed by atoms with Crippen LogP contribution in [0, 0.1) is 0 Å². The normalized spacial score (nSPS) is 10.9. The van der Waals surface area contributed by atoms with Crippen molar-refractivity contribution in [3.63, 3.8) is 0 Å². The van der Waals surface area contributed by atoms with E-state index >= 15 is 0 Å². The monoisotopic (exact) mass is 350 g/mol. The fourth-order valence-corrected chi connectivity index (χ4v) is 2.94. The molecule has 8 nitrogen and oxygen atoms in total. The van der Waals surface area contributed by atoms with Crippen molar-refractivity contribution in [2.75, 3.05) is 10.0 Å². The third-order valence-corrected chi connectivity index (χ3v) is 4.35. The van der Waals surface area contributed by atoms with Gasteiger partial charge in [0.1, 0.15) is 5.75 Å². The van der Waals surface area contributed by atoms with Crippen molar-refractivity contribution in [1.29, 1.82) is 0 Å². The number of rotatable bonds is 5. The van der Waals surface area contributed by atoms with Crippen molar-refractivity contribution < 1.29 is 28.2 Å². The van der Waals surface area contributed by atoms with Gasteiger partial charge in [-0.1, -0.05) is 0 Å². The van der Waals surface area contributed by atoms with E-state index in [0.717, 1.165) is 18.2 Å². The molecule has 9 heteroatoms. The van der Waals surface area contributed by atoms with Crippen molar-refractivity contribution in [3.8, 4) is 5.75 Å². The number of phenolic OH excluding ortho intramolecular Hbond substituents is 1. The van der Waals surface area contributed by atoms with Crippen LogP contribution in [0.2, 0.25) is 0 Å². The number of aromatic hydroxyl groups is 1. The third-order valence-electron chi connectivity index (χ3n) is 2.97. The number of benzene rings is 2. The summed E-state index contributed by atoms with van der Waals surface area (Å²) in [6, 6.07) is 8.60. The maximum atomic E-state index is 12.3. The van der Waals surface area contributed by atoms with Gasteiger partial charge in [-0.05, 0) is 42.5 Å². The molecule has 0 saturated heterocycles. The Morgan fingerprint density at radius 3 is 2.21 bits per heavy atom.